The molecule has 1 heterocycles. The maximum Gasteiger partial charge on any atom is 0.123 e. The van der Waals surface area contributed by atoms with Gasteiger partial charge in [-0.1, -0.05) is 0 Å². The van der Waals surface area contributed by atoms with Crippen molar-refractivity contribution in [2.24, 2.45) is 0 Å². The fourth-order valence-corrected chi connectivity index (χ4v) is 0.890. The van der Waals surface area contributed by atoms with Crippen LogP contribution in [-0.2, 0) is 4.84 Å². The van der Waals surface area contributed by atoms with Crippen molar-refractivity contribution in [3.63, 3.8) is 0 Å². The van der Waals surface area contributed by atoms with Crippen LogP contribution in [0.1, 0.15) is 20.3 Å². The van der Waals surface area contributed by atoms with Gasteiger partial charge >= 0.3 is 0 Å². The third-order valence-corrected chi connectivity index (χ3v) is 1.30. The SMILES string of the molecule is CC(C)N1OCCC1=N. The van der Waals surface area contributed by atoms with Crippen molar-refractivity contribution in [2.75, 3.05) is 6.61 Å². The van der Waals surface area contributed by atoms with E-state index in [-0.39, 0.29) is 0 Å². The number of hydrogen-bond acceptors (Lipinski definition) is 2. The molecule has 0 aromatic rings. The molecule has 3 nitrogen and oxygen atoms in total. The molecule has 0 atom stereocenters. The zero-order valence-electron chi connectivity index (χ0n) is 5.85. The van der Waals surface area contributed by atoms with Gasteiger partial charge in [-0.3, -0.25) is 10.2 Å². The highest BCUT2D eigenvalue weighted by Gasteiger charge is 2.19. The Morgan fingerprint density at radius 1 is 1.67 bits per heavy atom. The molecule has 1 saturated heterocycles. The Bertz CT molecular complexity index is 122. The lowest BCUT2D eigenvalue weighted by atomic mass is 10.3. The largest absolute Gasteiger partial charge is 0.287 e. The number of amidine groups is 1. The first-order chi connectivity index (χ1) is 4.22. The Hall–Kier alpha value is -0.570. The van der Waals surface area contributed by atoms with E-state index in [1.165, 1.54) is 0 Å². The first-order valence-electron chi connectivity index (χ1n) is 3.21. The molecule has 1 rings (SSSR count). The molecule has 52 valence electrons. The molecule has 0 aromatic carbocycles. The first-order valence-corrected chi connectivity index (χ1v) is 3.21. The number of hydroxylamine groups is 2. The van der Waals surface area contributed by atoms with Gasteiger partial charge in [0.1, 0.15) is 5.84 Å². The van der Waals surface area contributed by atoms with E-state index >= 15 is 0 Å². The molecule has 0 aromatic heterocycles. The van der Waals surface area contributed by atoms with Crippen molar-refractivity contribution >= 4 is 5.84 Å². The molecule has 0 amide bonds. The molecule has 1 aliphatic heterocycles. The molecule has 0 unspecified atom stereocenters. The number of hydrogen-bond donors (Lipinski definition) is 1. The van der Waals surface area contributed by atoms with Crippen molar-refractivity contribution in [1.82, 2.24) is 5.06 Å². The zero-order chi connectivity index (χ0) is 6.85. The van der Waals surface area contributed by atoms with Gasteiger partial charge in [0.15, 0.2) is 0 Å². The van der Waals surface area contributed by atoms with E-state index in [1.807, 2.05) is 13.8 Å². The van der Waals surface area contributed by atoms with Gasteiger partial charge in [0.05, 0.1) is 12.6 Å². The summed E-state index contributed by atoms with van der Waals surface area (Å²) in [6, 6.07) is 0.306. The first kappa shape index (κ1) is 6.55. The molecule has 0 spiro atoms. The van der Waals surface area contributed by atoms with Crippen LogP contribution >= 0.6 is 0 Å². The average molecular weight is 128 g/mol. The van der Waals surface area contributed by atoms with Crippen LogP contribution in [0.4, 0.5) is 0 Å². The number of rotatable bonds is 1. The summed E-state index contributed by atoms with van der Waals surface area (Å²) in [6.45, 7) is 4.71. The van der Waals surface area contributed by atoms with Crippen LogP contribution in [0.5, 0.6) is 0 Å². The Morgan fingerprint density at radius 3 is 2.56 bits per heavy atom. The molecule has 1 aliphatic rings. The summed E-state index contributed by atoms with van der Waals surface area (Å²) in [6.07, 6.45) is 0.762. The highest BCUT2D eigenvalue weighted by atomic mass is 16.7. The average Bonchev–Trinajstić information content (AvgIpc) is 2.13. The van der Waals surface area contributed by atoms with Crippen LogP contribution in [0.2, 0.25) is 0 Å². The second-order valence-corrected chi connectivity index (χ2v) is 2.45. The molecular weight excluding hydrogens is 116 g/mol. The molecule has 1 N–H and O–H groups in total. The summed E-state index contributed by atoms with van der Waals surface area (Å²) >= 11 is 0. The molecule has 9 heavy (non-hydrogen) atoms. The van der Waals surface area contributed by atoms with Crippen LogP contribution in [0, 0.1) is 5.41 Å². The van der Waals surface area contributed by atoms with Crippen molar-refractivity contribution in [3.8, 4) is 0 Å². The smallest absolute Gasteiger partial charge is 0.123 e. The van der Waals surface area contributed by atoms with E-state index < -0.39 is 0 Å². The number of nitrogens with one attached hydrogen (secondary N) is 1. The van der Waals surface area contributed by atoms with Crippen molar-refractivity contribution in [2.45, 2.75) is 26.3 Å². The fourth-order valence-electron chi connectivity index (χ4n) is 0.890. The molecular formula is C6H12N2O. The molecule has 0 aliphatic carbocycles. The van der Waals surface area contributed by atoms with E-state index in [2.05, 4.69) is 0 Å². The Kier molecular flexibility index (Phi) is 1.71. The van der Waals surface area contributed by atoms with Gasteiger partial charge in [0.25, 0.3) is 0 Å². The highest BCUT2D eigenvalue weighted by Crippen LogP contribution is 2.09. The van der Waals surface area contributed by atoms with E-state index in [0.717, 1.165) is 6.42 Å². The maximum atomic E-state index is 7.34. The minimum absolute atomic E-state index is 0.306. The zero-order valence-corrected chi connectivity index (χ0v) is 5.85. The lowest BCUT2D eigenvalue weighted by Gasteiger charge is -2.19. The minimum atomic E-state index is 0.306. The van der Waals surface area contributed by atoms with Gasteiger partial charge < -0.3 is 0 Å². The van der Waals surface area contributed by atoms with Crippen molar-refractivity contribution in [3.05, 3.63) is 0 Å². The summed E-state index contributed by atoms with van der Waals surface area (Å²) < 4.78 is 0. The molecule has 0 saturated carbocycles. The fraction of sp³-hybridized carbons (Fsp3) is 0.833. The quantitative estimate of drug-likeness (QED) is 0.572. The van der Waals surface area contributed by atoms with E-state index in [0.29, 0.717) is 18.5 Å². The van der Waals surface area contributed by atoms with Crippen LogP contribution in [0.15, 0.2) is 0 Å². The van der Waals surface area contributed by atoms with Crippen LogP contribution in [-0.4, -0.2) is 23.5 Å². The lowest BCUT2D eigenvalue weighted by Crippen LogP contribution is -2.29. The maximum absolute atomic E-state index is 7.34. The standard InChI is InChI=1S/C6H12N2O/c1-5(2)8-6(7)3-4-9-8/h5,7H,3-4H2,1-2H3. The molecule has 0 bridgehead atoms. The van der Waals surface area contributed by atoms with Crippen LogP contribution in [0.25, 0.3) is 0 Å². The van der Waals surface area contributed by atoms with Crippen LogP contribution in [0.3, 0.4) is 0 Å². The van der Waals surface area contributed by atoms with Gasteiger partial charge in [0.2, 0.25) is 0 Å². The third-order valence-electron chi connectivity index (χ3n) is 1.30. The van der Waals surface area contributed by atoms with Gasteiger partial charge in [-0.25, -0.2) is 5.06 Å². The van der Waals surface area contributed by atoms with Gasteiger partial charge in [0, 0.05) is 6.42 Å². The monoisotopic (exact) mass is 128 g/mol. The van der Waals surface area contributed by atoms with Gasteiger partial charge in [-0.05, 0) is 13.8 Å². The number of nitrogens with zero attached hydrogens (tertiary/aromatic N) is 1. The Labute approximate surface area is 55.1 Å². The topological polar surface area (TPSA) is 36.3 Å². The second-order valence-electron chi connectivity index (χ2n) is 2.45. The Morgan fingerprint density at radius 2 is 2.33 bits per heavy atom. The second kappa shape index (κ2) is 2.35. The van der Waals surface area contributed by atoms with Gasteiger partial charge in [-0.2, -0.15) is 0 Å². The summed E-state index contributed by atoms with van der Waals surface area (Å²) in [5.74, 6) is 0.602. The minimum Gasteiger partial charge on any atom is -0.287 e. The summed E-state index contributed by atoms with van der Waals surface area (Å²) in [4.78, 5) is 5.14. The van der Waals surface area contributed by atoms with Gasteiger partial charge in [-0.15, -0.1) is 0 Å². The lowest BCUT2D eigenvalue weighted by molar-refractivity contribution is -0.0913. The van der Waals surface area contributed by atoms with Crippen molar-refractivity contribution in [1.29, 1.82) is 5.41 Å². The van der Waals surface area contributed by atoms with Crippen molar-refractivity contribution < 1.29 is 4.84 Å². The predicted molar refractivity (Wildman–Crippen MR) is 35.3 cm³/mol. The summed E-state index contributed by atoms with van der Waals surface area (Å²) in [5.41, 5.74) is 0. The molecule has 1 fully saturated rings. The van der Waals surface area contributed by atoms with Crippen LogP contribution < -0.4 is 0 Å². The Balaban J connectivity index is 2.49. The normalized spacial score (nSPS) is 19.9. The third kappa shape index (κ3) is 1.21. The van der Waals surface area contributed by atoms with E-state index in [1.54, 1.807) is 5.06 Å². The summed E-state index contributed by atoms with van der Waals surface area (Å²) in [5, 5.41) is 8.99. The molecule has 3 heteroatoms. The predicted octanol–water partition coefficient (Wildman–Crippen LogP) is 1.01. The highest BCUT2D eigenvalue weighted by molar-refractivity contribution is 5.79. The molecule has 0 radical (unpaired) electrons. The van der Waals surface area contributed by atoms with E-state index in [9.17, 15) is 0 Å². The summed E-state index contributed by atoms with van der Waals surface area (Å²) in [7, 11) is 0. The van der Waals surface area contributed by atoms with E-state index in [4.69, 9.17) is 10.2 Å².